The van der Waals surface area contributed by atoms with Crippen molar-refractivity contribution in [2.75, 3.05) is 18.6 Å². The van der Waals surface area contributed by atoms with E-state index in [9.17, 15) is 19.2 Å². The van der Waals surface area contributed by atoms with Crippen LogP contribution in [0, 0.1) is 0 Å². The van der Waals surface area contributed by atoms with E-state index in [4.69, 9.17) is 5.73 Å². The molecular formula is C24H35N5O4S. The van der Waals surface area contributed by atoms with Crippen LogP contribution in [0.3, 0.4) is 0 Å². The molecule has 0 bridgehead atoms. The molecule has 3 rings (SSSR count). The monoisotopic (exact) mass is 489 g/mol. The molecule has 0 aromatic heterocycles. The van der Waals surface area contributed by atoms with Crippen LogP contribution in [0.5, 0.6) is 0 Å². The summed E-state index contributed by atoms with van der Waals surface area (Å²) in [5.74, 6) is -1.09. The number of hydrogen-bond acceptors (Lipinski definition) is 5. The Morgan fingerprint density at radius 1 is 1.06 bits per heavy atom. The second kappa shape index (κ2) is 12.6. The zero-order valence-electron chi connectivity index (χ0n) is 19.6. The fourth-order valence-electron chi connectivity index (χ4n) is 4.73. The molecule has 1 saturated heterocycles. The largest absolute Gasteiger partial charge is 0.368 e. The van der Waals surface area contributed by atoms with Crippen molar-refractivity contribution in [3.8, 4) is 0 Å². The molecule has 0 radical (unpaired) electrons. The van der Waals surface area contributed by atoms with Crippen molar-refractivity contribution in [1.82, 2.24) is 20.9 Å². The van der Waals surface area contributed by atoms with Crippen molar-refractivity contribution in [2.45, 2.75) is 69.1 Å². The Kier molecular flexibility index (Phi) is 9.62. The predicted molar refractivity (Wildman–Crippen MR) is 132 cm³/mol. The van der Waals surface area contributed by atoms with Crippen LogP contribution in [0.15, 0.2) is 30.3 Å². The van der Waals surface area contributed by atoms with Gasteiger partial charge >= 0.3 is 6.03 Å². The second-order valence-corrected chi connectivity index (χ2v) is 9.83. The molecule has 5 N–H and O–H groups in total. The molecule has 3 unspecified atom stereocenters. The molecule has 1 heterocycles. The van der Waals surface area contributed by atoms with Crippen LogP contribution < -0.4 is 21.7 Å². The zero-order valence-corrected chi connectivity index (χ0v) is 20.4. The molecular weight excluding hydrogens is 454 g/mol. The Balaban J connectivity index is 1.70. The van der Waals surface area contributed by atoms with Gasteiger partial charge in [0.25, 0.3) is 0 Å². The third-order valence-corrected chi connectivity index (χ3v) is 6.99. The first-order chi connectivity index (χ1) is 16.4. The number of nitrogens with zero attached hydrogens (tertiary/aromatic N) is 1. The Hall–Kier alpha value is -2.75. The number of rotatable bonds is 9. The van der Waals surface area contributed by atoms with Gasteiger partial charge in [0, 0.05) is 19.0 Å². The minimum Gasteiger partial charge on any atom is -0.368 e. The van der Waals surface area contributed by atoms with Gasteiger partial charge in [-0.15, -0.1) is 0 Å². The van der Waals surface area contributed by atoms with E-state index in [-0.39, 0.29) is 30.2 Å². The molecule has 34 heavy (non-hydrogen) atoms. The van der Waals surface area contributed by atoms with Crippen LogP contribution >= 0.6 is 11.8 Å². The fraction of sp³-hybridized carbons (Fsp3) is 0.583. The van der Waals surface area contributed by atoms with Crippen molar-refractivity contribution < 1.29 is 19.2 Å². The number of likely N-dealkylation sites (tertiary alicyclic amines) is 1. The lowest BCUT2D eigenvalue weighted by Crippen LogP contribution is -2.59. The molecule has 9 nitrogen and oxygen atoms in total. The van der Waals surface area contributed by atoms with E-state index >= 15 is 0 Å². The standard InChI is InChI=1S/C24H35N5O4S/c1-34-15-20(30)29-13-12-18(28-24(33)26-17-10-6-3-7-11-17)21(29)23(32)27-19(22(25)31)14-16-8-4-2-5-9-16/h2,4-5,8-9,17-19,21H,3,6-7,10-15H2,1H3,(H2,25,31)(H,27,32)(H2,26,28,33). The summed E-state index contributed by atoms with van der Waals surface area (Å²) in [5.41, 5.74) is 6.43. The lowest BCUT2D eigenvalue weighted by molar-refractivity contribution is -0.138. The number of carbonyl (C=O) groups excluding carboxylic acids is 4. The molecule has 1 aliphatic heterocycles. The molecule has 1 saturated carbocycles. The molecule has 186 valence electrons. The van der Waals surface area contributed by atoms with Gasteiger partial charge in [-0.3, -0.25) is 14.4 Å². The van der Waals surface area contributed by atoms with E-state index in [1.54, 1.807) is 0 Å². The summed E-state index contributed by atoms with van der Waals surface area (Å²) in [6.45, 7) is 0.353. The van der Waals surface area contributed by atoms with Crippen molar-refractivity contribution >= 4 is 35.5 Å². The van der Waals surface area contributed by atoms with Gasteiger partial charge in [-0.25, -0.2) is 4.79 Å². The summed E-state index contributed by atoms with van der Waals surface area (Å²) < 4.78 is 0. The number of amides is 5. The van der Waals surface area contributed by atoms with Crippen LogP contribution in [-0.4, -0.2) is 71.4 Å². The van der Waals surface area contributed by atoms with Crippen LogP contribution in [0.25, 0.3) is 0 Å². The number of urea groups is 1. The van der Waals surface area contributed by atoms with E-state index in [0.717, 1.165) is 31.2 Å². The average molecular weight is 490 g/mol. The molecule has 5 amide bonds. The highest BCUT2D eigenvalue weighted by atomic mass is 32.2. The van der Waals surface area contributed by atoms with E-state index in [2.05, 4.69) is 16.0 Å². The first-order valence-electron chi connectivity index (χ1n) is 11.9. The lowest BCUT2D eigenvalue weighted by atomic mass is 9.96. The Morgan fingerprint density at radius 2 is 1.76 bits per heavy atom. The molecule has 1 aliphatic carbocycles. The van der Waals surface area contributed by atoms with Crippen molar-refractivity contribution in [2.24, 2.45) is 5.73 Å². The SMILES string of the molecule is CSCC(=O)N1CCC(NC(=O)NC2CCCCC2)C1C(=O)NC(Cc1ccccc1)C(N)=O. The number of thioether (sulfide) groups is 1. The number of benzene rings is 1. The fourth-order valence-corrected chi connectivity index (χ4v) is 5.14. The summed E-state index contributed by atoms with van der Waals surface area (Å²) in [6, 6.07) is 6.67. The van der Waals surface area contributed by atoms with Crippen LogP contribution in [0.1, 0.15) is 44.1 Å². The number of nitrogens with two attached hydrogens (primary N) is 1. The minimum absolute atomic E-state index is 0.127. The van der Waals surface area contributed by atoms with Crippen LogP contribution in [0.4, 0.5) is 4.79 Å². The van der Waals surface area contributed by atoms with Gasteiger partial charge in [-0.2, -0.15) is 11.8 Å². The number of carbonyl (C=O) groups is 4. The molecule has 3 atom stereocenters. The van der Waals surface area contributed by atoms with Crippen molar-refractivity contribution in [3.05, 3.63) is 35.9 Å². The first kappa shape index (κ1) is 25.9. The van der Waals surface area contributed by atoms with Gasteiger partial charge in [-0.05, 0) is 31.1 Å². The quantitative estimate of drug-likeness (QED) is 0.413. The maximum absolute atomic E-state index is 13.4. The summed E-state index contributed by atoms with van der Waals surface area (Å²) >= 11 is 1.37. The van der Waals surface area contributed by atoms with E-state index in [0.29, 0.717) is 13.0 Å². The van der Waals surface area contributed by atoms with Crippen molar-refractivity contribution in [1.29, 1.82) is 0 Å². The molecule has 10 heteroatoms. The molecule has 2 aliphatic rings. The van der Waals surface area contributed by atoms with Gasteiger partial charge in [0.15, 0.2) is 0 Å². The minimum atomic E-state index is -0.926. The summed E-state index contributed by atoms with van der Waals surface area (Å²) in [7, 11) is 0. The third kappa shape index (κ3) is 7.12. The highest BCUT2D eigenvalue weighted by Gasteiger charge is 2.43. The summed E-state index contributed by atoms with van der Waals surface area (Å²) in [6.07, 6.45) is 7.77. The third-order valence-electron chi connectivity index (χ3n) is 6.45. The smallest absolute Gasteiger partial charge is 0.315 e. The Bertz CT molecular complexity index is 862. The summed E-state index contributed by atoms with van der Waals surface area (Å²) in [5, 5.41) is 8.64. The molecule has 2 fully saturated rings. The summed E-state index contributed by atoms with van der Waals surface area (Å²) in [4.78, 5) is 52.4. The highest BCUT2D eigenvalue weighted by Crippen LogP contribution is 2.21. The van der Waals surface area contributed by atoms with E-state index in [1.165, 1.54) is 23.1 Å². The average Bonchev–Trinajstić information content (AvgIpc) is 3.23. The first-order valence-corrected chi connectivity index (χ1v) is 13.3. The maximum Gasteiger partial charge on any atom is 0.315 e. The van der Waals surface area contributed by atoms with Gasteiger partial charge < -0.3 is 26.6 Å². The molecule has 1 aromatic rings. The van der Waals surface area contributed by atoms with Gasteiger partial charge in [0.2, 0.25) is 17.7 Å². The molecule has 0 spiro atoms. The number of nitrogens with one attached hydrogen (secondary N) is 3. The zero-order chi connectivity index (χ0) is 24.5. The van der Waals surface area contributed by atoms with E-state index < -0.39 is 29.9 Å². The second-order valence-electron chi connectivity index (χ2n) is 8.97. The predicted octanol–water partition coefficient (Wildman–Crippen LogP) is 1.16. The molecule has 1 aromatic carbocycles. The Morgan fingerprint density at radius 3 is 2.41 bits per heavy atom. The van der Waals surface area contributed by atoms with E-state index in [1.807, 2.05) is 36.6 Å². The normalized spacial score (nSPS) is 21.5. The van der Waals surface area contributed by atoms with Gasteiger partial charge in [-0.1, -0.05) is 49.6 Å². The number of primary amides is 1. The van der Waals surface area contributed by atoms with Gasteiger partial charge in [0.1, 0.15) is 12.1 Å². The topological polar surface area (TPSA) is 134 Å². The Labute approximate surface area is 205 Å². The number of hydrogen-bond donors (Lipinski definition) is 4. The van der Waals surface area contributed by atoms with Crippen LogP contribution in [-0.2, 0) is 20.8 Å². The van der Waals surface area contributed by atoms with Crippen LogP contribution in [0.2, 0.25) is 0 Å². The highest BCUT2D eigenvalue weighted by molar-refractivity contribution is 7.99. The van der Waals surface area contributed by atoms with Crippen molar-refractivity contribution in [3.63, 3.8) is 0 Å². The lowest BCUT2D eigenvalue weighted by Gasteiger charge is -2.30. The van der Waals surface area contributed by atoms with Gasteiger partial charge in [0.05, 0.1) is 11.8 Å². The maximum atomic E-state index is 13.4.